The third kappa shape index (κ3) is 3.47. The molecule has 1 aliphatic rings. The van der Waals surface area contributed by atoms with Gasteiger partial charge in [-0.1, -0.05) is 12.1 Å². The Morgan fingerprint density at radius 2 is 1.80 bits per heavy atom. The lowest BCUT2D eigenvalue weighted by Gasteiger charge is -2.15. The average molecular weight is 408 g/mol. The van der Waals surface area contributed by atoms with E-state index in [1.807, 2.05) is 6.92 Å². The summed E-state index contributed by atoms with van der Waals surface area (Å²) in [6.45, 7) is 3.80. The van der Waals surface area contributed by atoms with Crippen LogP contribution in [0.1, 0.15) is 57.8 Å². The number of nitrogens with zero attached hydrogens (tertiary/aromatic N) is 1. The molecule has 1 N–H and O–H groups in total. The molecule has 3 aromatic rings. The molecule has 4 rings (SSSR count). The monoisotopic (exact) mass is 408 g/mol. The van der Waals surface area contributed by atoms with E-state index in [-0.39, 0.29) is 36.5 Å². The van der Waals surface area contributed by atoms with Crippen molar-refractivity contribution < 1.29 is 23.2 Å². The lowest BCUT2D eigenvalue weighted by molar-refractivity contribution is -0.122. The number of hydrogen-bond donors (Lipinski definition) is 1. The van der Waals surface area contributed by atoms with Crippen molar-refractivity contribution in [3.8, 4) is 0 Å². The number of amides is 3. The minimum atomic E-state index is -0.396. The van der Waals surface area contributed by atoms with Crippen LogP contribution in [0.5, 0.6) is 0 Å². The summed E-state index contributed by atoms with van der Waals surface area (Å²) in [5.41, 5.74) is 2.15. The van der Waals surface area contributed by atoms with Gasteiger partial charge in [-0.15, -0.1) is 0 Å². The highest BCUT2D eigenvalue weighted by Crippen LogP contribution is 2.30. The van der Waals surface area contributed by atoms with Crippen molar-refractivity contribution in [2.45, 2.75) is 32.7 Å². The number of carbonyl (C=O) groups excluding carboxylic acids is 3. The highest BCUT2D eigenvalue weighted by Gasteiger charge is 2.34. The van der Waals surface area contributed by atoms with E-state index >= 15 is 0 Å². The fourth-order valence-electron chi connectivity index (χ4n) is 3.84. The van der Waals surface area contributed by atoms with Crippen LogP contribution in [0.15, 0.2) is 46.9 Å². The van der Waals surface area contributed by atoms with Gasteiger partial charge in [0.15, 0.2) is 0 Å². The first-order valence-corrected chi connectivity index (χ1v) is 9.80. The van der Waals surface area contributed by atoms with Crippen LogP contribution in [-0.4, -0.2) is 29.2 Å². The van der Waals surface area contributed by atoms with E-state index in [0.717, 1.165) is 5.56 Å². The molecule has 154 valence electrons. The molecule has 0 bridgehead atoms. The SMILES string of the molecule is Cc1c(C(C)NC(=O)CCCN2C(=O)c3ccccc3C2=O)oc2ccc(F)cc12. The highest BCUT2D eigenvalue weighted by molar-refractivity contribution is 6.21. The van der Waals surface area contributed by atoms with Crippen molar-refractivity contribution in [3.05, 3.63) is 70.7 Å². The number of carbonyl (C=O) groups is 3. The van der Waals surface area contributed by atoms with Gasteiger partial charge in [0.05, 0.1) is 17.2 Å². The molecule has 0 fully saturated rings. The van der Waals surface area contributed by atoms with Gasteiger partial charge in [0.25, 0.3) is 11.8 Å². The molecule has 3 amide bonds. The second kappa shape index (κ2) is 7.74. The van der Waals surface area contributed by atoms with Gasteiger partial charge >= 0.3 is 0 Å². The summed E-state index contributed by atoms with van der Waals surface area (Å²) in [5.74, 6) is -0.638. The smallest absolute Gasteiger partial charge is 0.261 e. The van der Waals surface area contributed by atoms with Crippen molar-refractivity contribution in [1.29, 1.82) is 0 Å². The number of halogens is 1. The molecule has 0 aliphatic carbocycles. The van der Waals surface area contributed by atoms with E-state index in [9.17, 15) is 18.8 Å². The zero-order valence-corrected chi connectivity index (χ0v) is 16.7. The Labute approximate surface area is 172 Å². The second-order valence-corrected chi connectivity index (χ2v) is 7.43. The predicted octanol–water partition coefficient (Wildman–Crippen LogP) is 4.13. The molecule has 6 nitrogen and oxygen atoms in total. The van der Waals surface area contributed by atoms with Crippen molar-refractivity contribution in [2.75, 3.05) is 6.54 Å². The van der Waals surface area contributed by atoms with E-state index in [1.165, 1.54) is 17.0 Å². The average Bonchev–Trinajstić information content (AvgIpc) is 3.18. The lowest BCUT2D eigenvalue weighted by Crippen LogP contribution is -2.32. The molecule has 0 saturated heterocycles. The normalized spacial score (nSPS) is 14.3. The Morgan fingerprint density at radius 3 is 2.47 bits per heavy atom. The van der Waals surface area contributed by atoms with Crippen LogP contribution in [0.4, 0.5) is 4.39 Å². The summed E-state index contributed by atoms with van der Waals surface area (Å²) in [5, 5.41) is 3.54. The molecule has 30 heavy (non-hydrogen) atoms. The molecule has 0 radical (unpaired) electrons. The van der Waals surface area contributed by atoms with Gasteiger partial charge in [-0.25, -0.2) is 4.39 Å². The van der Waals surface area contributed by atoms with Crippen LogP contribution in [0.2, 0.25) is 0 Å². The van der Waals surface area contributed by atoms with Crippen molar-refractivity contribution >= 4 is 28.7 Å². The second-order valence-electron chi connectivity index (χ2n) is 7.43. The van der Waals surface area contributed by atoms with Gasteiger partial charge < -0.3 is 9.73 Å². The van der Waals surface area contributed by atoms with Crippen molar-refractivity contribution in [3.63, 3.8) is 0 Å². The zero-order chi connectivity index (χ0) is 21.4. The van der Waals surface area contributed by atoms with E-state index in [2.05, 4.69) is 5.32 Å². The summed E-state index contributed by atoms with van der Waals surface area (Å²) < 4.78 is 19.3. The Balaban J connectivity index is 1.34. The van der Waals surface area contributed by atoms with Gasteiger partial charge in [-0.05, 0) is 50.6 Å². The molecule has 1 aliphatic heterocycles. The topological polar surface area (TPSA) is 79.6 Å². The van der Waals surface area contributed by atoms with Gasteiger partial charge in [-0.3, -0.25) is 19.3 Å². The molecular weight excluding hydrogens is 387 g/mol. The number of fused-ring (bicyclic) bond motifs is 2. The Hall–Kier alpha value is -3.48. The van der Waals surface area contributed by atoms with Crippen LogP contribution in [0.3, 0.4) is 0 Å². The Kier molecular flexibility index (Phi) is 5.11. The maximum atomic E-state index is 13.5. The quantitative estimate of drug-likeness (QED) is 0.622. The van der Waals surface area contributed by atoms with Gasteiger partial charge in [0, 0.05) is 23.9 Å². The number of benzene rings is 2. The summed E-state index contributed by atoms with van der Waals surface area (Å²) >= 11 is 0. The fraction of sp³-hybridized carbons (Fsp3) is 0.261. The molecule has 0 spiro atoms. The first-order valence-electron chi connectivity index (χ1n) is 9.80. The van der Waals surface area contributed by atoms with E-state index in [0.29, 0.717) is 34.3 Å². The van der Waals surface area contributed by atoms with Gasteiger partial charge in [0.2, 0.25) is 5.91 Å². The van der Waals surface area contributed by atoms with Gasteiger partial charge in [-0.2, -0.15) is 0 Å². The molecule has 2 aromatic carbocycles. The number of imide groups is 1. The first kappa shape index (κ1) is 19.8. The number of hydrogen-bond acceptors (Lipinski definition) is 4. The summed E-state index contributed by atoms with van der Waals surface area (Å²) in [6.07, 6.45) is 0.514. The summed E-state index contributed by atoms with van der Waals surface area (Å²) in [4.78, 5) is 38.3. The largest absolute Gasteiger partial charge is 0.459 e. The highest BCUT2D eigenvalue weighted by atomic mass is 19.1. The maximum Gasteiger partial charge on any atom is 0.261 e. The summed E-state index contributed by atoms with van der Waals surface area (Å²) in [7, 11) is 0. The molecular formula is C23H21FN2O4. The fourth-order valence-corrected chi connectivity index (χ4v) is 3.84. The molecule has 1 atom stereocenters. The number of furan rings is 1. The van der Waals surface area contributed by atoms with Crippen LogP contribution in [-0.2, 0) is 4.79 Å². The maximum absolute atomic E-state index is 13.5. The molecule has 0 saturated carbocycles. The van der Waals surface area contributed by atoms with E-state index < -0.39 is 6.04 Å². The first-order chi connectivity index (χ1) is 14.4. The molecule has 7 heteroatoms. The third-order valence-electron chi connectivity index (χ3n) is 5.37. The van der Waals surface area contributed by atoms with E-state index in [4.69, 9.17) is 4.42 Å². The zero-order valence-electron chi connectivity index (χ0n) is 16.7. The van der Waals surface area contributed by atoms with E-state index in [1.54, 1.807) is 37.3 Å². The molecule has 1 unspecified atom stereocenters. The standard InChI is InChI=1S/C23H21FN2O4/c1-13-18-12-15(24)9-10-19(18)30-21(13)14(2)25-20(27)8-5-11-26-22(28)16-6-3-4-7-17(16)23(26)29/h3-4,6-7,9-10,12,14H,5,8,11H2,1-2H3,(H,25,27). The van der Waals surface area contributed by atoms with Crippen LogP contribution >= 0.6 is 0 Å². The number of aryl methyl sites for hydroxylation is 1. The summed E-state index contributed by atoms with van der Waals surface area (Å²) in [6, 6.07) is 10.6. The Bertz CT molecular complexity index is 1130. The molecule has 2 heterocycles. The minimum absolute atomic E-state index is 0.158. The van der Waals surface area contributed by atoms with Crippen LogP contribution in [0, 0.1) is 12.7 Å². The van der Waals surface area contributed by atoms with Crippen molar-refractivity contribution in [2.24, 2.45) is 0 Å². The number of rotatable bonds is 6. The number of nitrogens with one attached hydrogen (secondary N) is 1. The molecule has 1 aromatic heterocycles. The van der Waals surface area contributed by atoms with Crippen LogP contribution in [0.25, 0.3) is 11.0 Å². The third-order valence-corrected chi connectivity index (χ3v) is 5.37. The predicted molar refractivity (Wildman–Crippen MR) is 109 cm³/mol. The van der Waals surface area contributed by atoms with Gasteiger partial charge in [0.1, 0.15) is 17.2 Å². The van der Waals surface area contributed by atoms with Crippen LogP contribution < -0.4 is 5.32 Å². The lowest BCUT2D eigenvalue weighted by atomic mass is 10.1. The Morgan fingerprint density at radius 1 is 1.13 bits per heavy atom. The minimum Gasteiger partial charge on any atom is -0.459 e. The van der Waals surface area contributed by atoms with Crippen molar-refractivity contribution in [1.82, 2.24) is 10.2 Å².